The predicted octanol–water partition coefficient (Wildman–Crippen LogP) is 4.31. The van der Waals surface area contributed by atoms with Crippen molar-refractivity contribution in [2.75, 3.05) is 6.61 Å². The van der Waals surface area contributed by atoms with Gasteiger partial charge in [0, 0.05) is 4.47 Å². The van der Waals surface area contributed by atoms with Gasteiger partial charge in [-0.1, -0.05) is 22.0 Å². The summed E-state index contributed by atoms with van der Waals surface area (Å²) >= 11 is 7.86. The number of ether oxygens (including phenoxy) is 1. The van der Waals surface area contributed by atoms with E-state index in [0.29, 0.717) is 10.4 Å². The predicted molar refractivity (Wildman–Crippen MR) is 80.8 cm³/mol. The van der Waals surface area contributed by atoms with Crippen molar-refractivity contribution in [1.82, 2.24) is 0 Å². The number of esters is 1. The first-order chi connectivity index (χ1) is 9.06. The number of benzene rings is 1. The number of Topliss-reactive ketones (excluding diaryl/α,β-unsaturated/α-hetero) is 1. The van der Waals surface area contributed by atoms with E-state index >= 15 is 0 Å². The molecule has 0 saturated heterocycles. The molecule has 0 unspecified atom stereocenters. The SMILES string of the molecule is O=C(OCC(=O)c1ccc(Br)s1)c1cccc(Br)c1. The topological polar surface area (TPSA) is 43.4 Å². The standard InChI is InChI=1S/C13H8Br2O3S/c14-9-3-1-2-8(6-9)13(17)18-7-10(16)11-4-5-12(15)19-11/h1-6H,7H2. The van der Waals surface area contributed by atoms with Crippen LogP contribution in [0.2, 0.25) is 0 Å². The van der Waals surface area contributed by atoms with Crippen LogP contribution in [0.3, 0.4) is 0 Å². The van der Waals surface area contributed by atoms with Crippen molar-refractivity contribution in [3.63, 3.8) is 0 Å². The molecule has 0 aliphatic heterocycles. The second kappa shape index (κ2) is 6.45. The number of carbonyl (C=O) groups is 2. The van der Waals surface area contributed by atoms with Gasteiger partial charge in [-0.05, 0) is 46.3 Å². The van der Waals surface area contributed by atoms with Crippen LogP contribution in [0.15, 0.2) is 44.7 Å². The smallest absolute Gasteiger partial charge is 0.338 e. The van der Waals surface area contributed by atoms with Crippen molar-refractivity contribution in [1.29, 1.82) is 0 Å². The van der Waals surface area contributed by atoms with Gasteiger partial charge in [-0.2, -0.15) is 0 Å². The highest BCUT2D eigenvalue weighted by Gasteiger charge is 2.13. The van der Waals surface area contributed by atoms with Gasteiger partial charge in [-0.3, -0.25) is 4.79 Å². The lowest BCUT2D eigenvalue weighted by Gasteiger charge is -2.03. The van der Waals surface area contributed by atoms with Crippen LogP contribution >= 0.6 is 43.2 Å². The molecule has 0 aliphatic rings. The third-order valence-electron chi connectivity index (χ3n) is 2.24. The van der Waals surface area contributed by atoms with E-state index in [2.05, 4.69) is 31.9 Å². The Kier molecular flexibility index (Phi) is 4.90. The number of hydrogen-bond donors (Lipinski definition) is 0. The molecule has 1 aromatic carbocycles. The number of thiophene rings is 1. The largest absolute Gasteiger partial charge is 0.454 e. The zero-order valence-electron chi connectivity index (χ0n) is 9.56. The van der Waals surface area contributed by atoms with E-state index in [9.17, 15) is 9.59 Å². The molecule has 0 amide bonds. The molecule has 0 N–H and O–H groups in total. The lowest BCUT2D eigenvalue weighted by atomic mass is 10.2. The molecule has 3 nitrogen and oxygen atoms in total. The van der Waals surface area contributed by atoms with Crippen LogP contribution in [0.1, 0.15) is 20.0 Å². The average Bonchev–Trinajstić information content (AvgIpc) is 2.82. The van der Waals surface area contributed by atoms with Crippen molar-refractivity contribution in [2.24, 2.45) is 0 Å². The van der Waals surface area contributed by atoms with Gasteiger partial charge in [-0.15, -0.1) is 11.3 Å². The summed E-state index contributed by atoms with van der Waals surface area (Å²) in [6.45, 7) is -0.252. The first-order valence-electron chi connectivity index (χ1n) is 5.27. The molecule has 2 rings (SSSR count). The van der Waals surface area contributed by atoms with E-state index in [4.69, 9.17) is 4.74 Å². The Balaban J connectivity index is 1.95. The Bertz CT molecular complexity index is 622. The third kappa shape index (κ3) is 3.99. The number of halogens is 2. The van der Waals surface area contributed by atoms with Gasteiger partial charge in [0.15, 0.2) is 6.61 Å². The minimum absolute atomic E-state index is 0.209. The van der Waals surface area contributed by atoms with Gasteiger partial charge >= 0.3 is 5.97 Å². The maximum absolute atomic E-state index is 11.8. The Morgan fingerprint density at radius 2 is 1.95 bits per heavy atom. The van der Waals surface area contributed by atoms with E-state index in [-0.39, 0.29) is 12.4 Å². The van der Waals surface area contributed by atoms with Gasteiger partial charge in [-0.25, -0.2) is 4.79 Å². The summed E-state index contributed by atoms with van der Waals surface area (Å²) < 4.78 is 6.65. The van der Waals surface area contributed by atoms with Crippen molar-refractivity contribution < 1.29 is 14.3 Å². The average molecular weight is 404 g/mol. The monoisotopic (exact) mass is 402 g/mol. The first-order valence-corrected chi connectivity index (χ1v) is 7.68. The minimum atomic E-state index is -0.509. The highest BCUT2D eigenvalue weighted by molar-refractivity contribution is 9.11. The number of hydrogen-bond acceptors (Lipinski definition) is 4. The van der Waals surface area contributed by atoms with Crippen LogP contribution in [0.4, 0.5) is 0 Å². The molecule has 0 saturated carbocycles. The van der Waals surface area contributed by atoms with Gasteiger partial charge in [0.1, 0.15) is 0 Å². The highest BCUT2D eigenvalue weighted by Crippen LogP contribution is 2.22. The molecule has 98 valence electrons. The zero-order valence-corrected chi connectivity index (χ0v) is 13.5. The van der Waals surface area contributed by atoms with Crippen LogP contribution in [0, 0.1) is 0 Å². The lowest BCUT2D eigenvalue weighted by Crippen LogP contribution is -2.13. The second-order valence-corrected chi connectivity index (χ2v) is 6.99. The fourth-order valence-electron chi connectivity index (χ4n) is 1.37. The number of rotatable bonds is 4. The molecule has 2 aromatic rings. The third-order valence-corrected chi connectivity index (χ3v) is 4.40. The van der Waals surface area contributed by atoms with Gasteiger partial charge < -0.3 is 4.74 Å². The molecule has 0 bridgehead atoms. The highest BCUT2D eigenvalue weighted by atomic mass is 79.9. The first kappa shape index (κ1) is 14.4. The molecule has 0 aliphatic carbocycles. The Morgan fingerprint density at radius 1 is 1.16 bits per heavy atom. The Labute approximate surface area is 130 Å². The van der Waals surface area contributed by atoms with Crippen molar-refractivity contribution >= 4 is 54.9 Å². The summed E-state index contributed by atoms with van der Waals surface area (Å²) in [6, 6.07) is 10.3. The fourth-order valence-corrected chi connectivity index (χ4v) is 3.07. The maximum Gasteiger partial charge on any atom is 0.338 e. The van der Waals surface area contributed by atoms with Crippen LogP contribution in [0.25, 0.3) is 0 Å². The van der Waals surface area contributed by atoms with Crippen molar-refractivity contribution in [3.05, 3.63) is 55.1 Å². The molecular formula is C13H8Br2O3S. The molecule has 1 heterocycles. The van der Waals surface area contributed by atoms with Gasteiger partial charge in [0.2, 0.25) is 5.78 Å². The molecule has 0 atom stereocenters. The van der Waals surface area contributed by atoms with Crippen LogP contribution < -0.4 is 0 Å². The number of ketones is 1. The molecule has 0 radical (unpaired) electrons. The van der Waals surface area contributed by atoms with E-state index in [1.807, 2.05) is 6.07 Å². The van der Waals surface area contributed by atoms with Gasteiger partial charge in [0.25, 0.3) is 0 Å². The molecule has 0 spiro atoms. The zero-order chi connectivity index (χ0) is 13.8. The lowest BCUT2D eigenvalue weighted by molar-refractivity contribution is 0.0476. The van der Waals surface area contributed by atoms with Crippen LogP contribution in [-0.2, 0) is 4.74 Å². The van der Waals surface area contributed by atoms with Crippen molar-refractivity contribution in [3.8, 4) is 0 Å². The normalized spacial score (nSPS) is 10.2. The Morgan fingerprint density at radius 3 is 2.58 bits per heavy atom. The summed E-state index contributed by atoms with van der Waals surface area (Å²) in [7, 11) is 0. The molecule has 19 heavy (non-hydrogen) atoms. The van der Waals surface area contributed by atoms with E-state index in [1.165, 1.54) is 11.3 Å². The van der Waals surface area contributed by atoms with E-state index in [0.717, 1.165) is 8.26 Å². The summed E-state index contributed by atoms with van der Waals surface area (Å²) in [5.41, 5.74) is 0.412. The summed E-state index contributed by atoms with van der Waals surface area (Å²) in [5.74, 6) is -0.718. The molecule has 6 heteroatoms. The van der Waals surface area contributed by atoms with E-state index in [1.54, 1.807) is 30.3 Å². The fraction of sp³-hybridized carbons (Fsp3) is 0.0769. The molecule has 0 fully saturated rings. The quantitative estimate of drug-likeness (QED) is 0.564. The second-order valence-electron chi connectivity index (χ2n) is 3.61. The minimum Gasteiger partial charge on any atom is -0.454 e. The maximum atomic E-state index is 11.8. The summed E-state index contributed by atoms with van der Waals surface area (Å²) in [5, 5.41) is 0. The van der Waals surface area contributed by atoms with Crippen LogP contribution in [0.5, 0.6) is 0 Å². The van der Waals surface area contributed by atoms with Gasteiger partial charge in [0.05, 0.1) is 14.2 Å². The summed E-state index contributed by atoms with van der Waals surface area (Å²) in [4.78, 5) is 24.1. The number of carbonyl (C=O) groups excluding carboxylic acids is 2. The van der Waals surface area contributed by atoms with Crippen molar-refractivity contribution in [2.45, 2.75) is 0 Å². The summed E-state index contributed by atoms with van der Waals surface area (Å²) in [6.07, 6.45) is 0. The van der Waals surface area contributed by atoms with E-state index < -0.39 is 5.97 Å². The molecule has 1 aromatic heterocycles. The Hall–Kier alpha value is -0.980. The molecular weight excluding hydrogens is 396 g/mol. The van der Waals surface area contributed by atoms with Crippen LogP contribution in [-0.4, -0.2) is 18.4 Å².